The predicted molar refractivity (Wildman–Crippen MR) is 112 cm³/mol. The van der Waals surface area contributed by atoms with Crippen molar-refractivity contribution in [2.24, 2.45) is 5.73 Å². The van der Waals surface area contributed by atoms with Crippen LogP contribution in [0.25, 0.3) is 11.3 Å². The maximum atomic E-state index is 13.9. The van der Waals surface area contributed by atoms with Crippen molar-refractivity contribution in [3.8, 4) is 11.3 Å². The van der Waals surface area contributed by atoms with Gasteiger partial charge in [-0.1, -0.05) is 0 Å². The second kappa shape index (κ2) is 8.08. The van der Waals surface area contributed by atoms with Crippen LogP contribution in [0.15, 0.2) is 30.5 Å². The molecule has 0 saturated carbocycles. The van der Waals surface area contributed by atoms with Crippen LogP contribution in [-0.4, -0.2) is 36.1 Å². The van der Waals surface area contributed by atoms with E-state index in [4.69, 9.17) is 5.73 Å². The molecule has 1 unspecified atom stereocenters. The third kappa shape index (κ3) is 3.97. The van der Waals surface area contributed by atoms with Gasteiger partial charge in [0.25, 0.3) is 5.91 Å². The molecular formula is C20H21BF2N4OS. The quantitative estimate of drug-likeness (QED) is 0.620. The number of carbonyl (C=O) groups is 1. The van der Waals surface area contributed by atoms with Crippen LogP contribution in [0.3, 0.4) is 0 Å². The van der Waals surface area contributed by atoms with Gasteiger partial charge >= 0.3 is 0 Å². The average Bonchev–Trinajstić information content (AvgIpc) is 3.23. The molecule has 3 aromatic rings. The first-order chi connectivity index (χ1) is 14.0. The summed E-state index contributed by atoms with van der Waals surface area (Å²) in [6.07, 6.45) is 3.83. The van der Waals surface area contributed by atoms with Gasteiger partial charge in [0.05, 0.1) is 10.6 Å². The van der Waals surface area contributed by atoms with Gasteiger partial charge < -0.3 is 11.1 Å². The third-order valence-electron chi connectivity index (χ3n) is 5.18. The summed E-state index contributed by atoms with van der Waals surface area (Å²) >= 11 is 1.47. The van der Waals surface area contributed by atoms with Gasteiger partial charge in [0.2, 0.25) is 0 Å². The molecule has 1 atom stereocenters. The van der Waals surface area contributed by atoms with Crippen molar-refractivity contribution in [1.29, 1.82) is 0 Å². The number of nitrogens with one attached hydrogen (secondary N) is 1. The number of hydrogen-bond acceptors (Lipinski definition) is 4. The highest BCUT2D eigenvalue weighted by Gasteiger charge is 2.23. The maximum absolute atomic E-state index is 13.9. The fourth-order valence-corrected chi connectivity index (χ4v) is 4.84. The SMILES string of the molecule is Bc1cnn2c1-c1cc(C(=O)NC(CN)Cc3cc(F)ccc3F)sc1CCC2. The molecule has 1 aromatic carbocycles. The van der Waals surface area contributed by atoms with E-state index in [9.17, 15) is 13.6 Å². The molecule has 150 valence electrons. The maximum Gasteiger partial charge on any atom is 0.261 e. The first kappa shape index (κ1) is 19.8. The molecule has 0 aliphatic carbocycles. The van der Waals surface area contributed by atoms with Gasteiger partial charge in [0.1, 0.15) is 19.5 Å². The van der Waals surface area contributed by atoms with E-state index in [0.717, 1.165) is 59.2 Å². The van der Waals surface area contributed by atoms with Crippen LogP contribution in [0.1, 0.15) is 26.5 Å². The highest BCUT2D eigenvalue weighted by molar-refractivity contribution is 7.14. The molecule has 0 saturated heterocycles. The molecule has 0 bridgehead atoms. The predicted octanol–water partition coefficient (Wildman–Crippen LogP) is 1.39. The minimum absolute atomic E-state index is 0.124. The van der Waals surface area contributed by atoms with Gasteiger partial charge in [-0.15, -0.1) is 11.3 Å². The zero-order valence-electron chi connectivity index (χ0n) is 16.0. The van der Waals surface area contributed by atoms with Crippen LogP contribution in [0.5, 0.6) is 0 Å². The molecule has 0 spiro atoms. The van der Waals surface area contributed by atoms with Crippen LogP contribution < -0.4 is 16.5 Å². The summed E-state index contributed by atoms with van der Waals surface area (Å²) in [6, 6.07) is 4.70. The van der Waals surface area contributed by atoms with Crippen molar-refractivity contribution in [2.45, 2.75) is 31.8 Å². The molecule has 0 radical (unpaired) electrons. The molecule has 3 heterocycles. The average molecular weight is 414 g/mol. The van der Waals surface area contributed by atoms with Crippen molar-refractivity contribution < 1.29 is 13.6 Å². The first-order valence-electron chi connectivity index (χ1n) is 9.56. The summed E-state index contributed by atoms with van der Waals surface area (Å²) < 4.78 is 29.4. The van der Waals surface area contributed by atoms with E-state index in [1.165, 1.54) is 11.3 Å². The van der Waals surface area contributed by atoms with Crippen LogP contribution in [0, 0.1) is 11.6 Å². The van der Waals surface area contributed by atoms with Crippen molar-refractivity contribution in [1.82, 2.24) is 15.1 Å². The monoisotopic (exact) mass is 414 g/mol. The summed E-state index contributed by atoms with van der Waals surface area (Å²) in [5, 5.41) is 7.30. The van der Waals surface area contributed by atoms with Crippen LogP contribution in [0.4, 0.5) is 8.78 Å². The number of aryl methyl sites for hydroxylation is 2. The minimum Gasteiger partial charge on any atom is -0.347 e. The van der Waals surface area contributed by atoms with Crippen LogP contribution in [-0.2, 0) is 19.4 Å². The topological polar surface area (TPSA) is 72.9 Å². The Balaban J connectivity index is 1.55. The van der Waals surface area contributed by atoms with Gasteiger partial charge in [-0.2, -0.15) is 5.10 Å². The van der Waals surface area contributed by atoms with E-state index in [-0.39, 0.29) is 24.4 Å². The van der Waals surface area contributed by atoms with E-state index in [2.05, 4.69) is 10.4 Å². The van der Waals surface area contributed by atoms with Crippen LogP contribution in [0.2, 0.25) is 0 Å². The second-order valence-corrected chi connectivity index (χ2v) is 8.43. The normalized spacial score (nSPS) is 14.0. The number of benzene rings is 1. The molecule has 1 aliphatic heterocycles. The summed E-state index contributed by atoms with van der Waals surface area (Å²) in [6.45, 7) is 0.985. The summed E-state index contributed by atoms with van der Waals surface area (Å²) in [5.74, 6) is -1.28. The van der Waals surface area contributed by atoms with Crippen molar-refractivity contribution in [2.75, 3.05) is 6.54 Å². The highest BCUT2D eigenvalue weighted by Crippen LogP contribution is 2.34. The Kier molecular flexibility index (Phi) is 5.51. The molecule has 29 heavy (non-hydrogen) atoms. The Morgan fingerprint density at radius 3 is 3.00 bits per heavy atom. The number of rotatable bonds is 5. The lowest BCUT2D eigenvalue weighted by molar-refractivity contribution is 0.0942. The van der Waals surface area contributed by atoms with Crippen molar-refractivity contribution in [3.63, 3.8) is 0 Å². The van der Waals surface area contributed by atoms with Crippen molar-refractivity contribution in [3.05, 3.63) is 57.4 Å². The molecule has 9 heteroatoms. The number of nitrogens with zero attached hydrogens (tertiary/aromatic N) is 2. The van der Waals surface area contributed by atoms with E-state index < -0.39 is 17.7 Å². The number of carbonyl (C=O) groups excluding carboxylic acids is 1. The molecule has 0 fully saturated rings. The second-order valence-electron chi connectivity index (χ2n) is 7.30. The number of amides is 1. The lowest BCUT2D eigenvalue weighted by Gasteiger charge is -2.17. The summed E-state index contributed by atoms with van der Waals surface area (Å²) in [4.78, 5) is 14.6. The molecule has 1 aliphatic rings. The molecule has 1 amide bonds. The van der Waals surface area contributed by atoms with Crippen molar-refractivity contribution >= 4 is 30.6 Å². The van der Waals surface area contributed by atoms with Gasteiger partial charge in [-0.05, 0) is 54.6 Å². The number of aromatic nitrogens is 2. The molecule has 2 aromatic heterocycles. The molecular weight excluding hydrogens is 393 g/mol. The van der Waals surface area contributed by atoms with E-state index in [1.807, 2.05) is 24.8 Å². The minimum atomic E-state index is -0.516. The van der Waals surface area contributed by atoms with Crippen LogP contribution >= 0.6 is 11.3 Å². The van der Waals surface area contributed by atoms with Gasteiger partial charge in [-0.25, -0.2) is 8.78 Å². The smallest absolute Gasteiger partial charge is 0.261 e. The highest BCUT2D eigenvalue weighted by atomic mass is 32.1. The van der Waals surface area contributed by atoms with E-state index >= 15 is 0 Å². The molecule has 4 rings (SSSR count). The number of halogens is 2. The number of hydrogen-bond donors (Lipinski definition) is 2. The zero-order chi connectivity index (χ0) is 20.5. The Labute approximate surface area is 172 Å². The lowest BCUT2D eigenvalue weighted by atomic mass is 9.93. The molecule has 5 nitrogen and oxygen atoms in total. The Bertz CT molecular complexity index is 1060. The lowest BCUT2D eigenvalue weighted by Crippen LogP contribution is -2.41. The van der Waals surface area contributed by atoms with Gasteiger partial charge in [0.15, 0.2) is 0 Å². The third-order valence-corrected chi connectivity index (χ3v) is 6.37. The Morgan fingerprint density at radius 2 is 2.21 bits per heavy atom. The largest absolute Gasteiger partial charge is 0.347 e. The number of nitrogens with two attached hydrogens (primary N) is 1. The zero-order valence-corrected chi connectivity index (χ0v) is 16.9. The van der Waals surface area contributed by atoms with E-state index in [1.54, 1.807) is 0 Å². The van der Waals surface area contributed by atoms with Gasteiger partial charge in [-0.3, -0.25) is 9.48 Å². The Morgan fingerprint density at radius 1 is 1.38 bits per heavy atom. The van der Waals surface area contributed by atoms with E-state index in [0.29, 0.717) is 4.88 Å². The fraction of sp³-hybridized carbons (Fsp3) is 0.300. The fourth-order valence-electron chi connectivity index (χ4n) is 3.73. The number of thiophene rings is 1. The molecule has 3 N–H and O–H groups in total. The van der Waals surface area contributed by atoms with Gasteiger partial charge in [0, 0.05) is 35.8 Å². The first-order valence-corrected chi connectivity index (χ1v) is 10.4. The number of fused-ring (bicyclic) bond motifs is 3. The summed E-state index contributed by atoms with van der Waals surface area (Å²) in [5.41, 5.74) is 9.17. The standard InChI is InChI=1S/C20H21BF2N4OS/c21-15-10-25-27-5-1-2-17-14(19(15)27)8-18(29-17)20(28)26-13(9-24)7-11-6-12(22)3-4-16(11)23/h3-4,6,8,10,13H,1-2,5,7,9,21,24H2,(H,26,28). The summed E-state index contributed by atoms with van der Waals surface area (Å²) in [7, 11) is 2.02. The Hall–Kier alpha value is -2.52.